The van der Waals surface area contributed by atoms with Crippen molar-refractivity contribution in [3.05, 3.63) is 35.4 Å². The molecular formula is C18H23BrO4. The van der Waals surface area contributed by atoms with E-state index in [1.165, 1.54) is 7.11 Å². The summed E-state index contributed by atoms with van der Waals surface area (Å²) in [4.78, 5) is 23.9. The van der Waals surface area contributed by atoms with Gasteiger partial charge in [-0.25, -0.2) is 0 Å². The third-order valence-electron chi connectivity index (χ3n) is 4.82. The smallest absolute Gasteiger partial charge is 0.305 e. The van der Waals surface area contributed by atoms with Gasteiger partial charge in [0.05, 0.1) is 23.5 Å². The van der Waals surface area contributed by atoms with Gasteiger partial charge < -0.3 is 9.47 Å². The Morgan fingerprint density at radius 1 is 1.26 bits per heavy atom. The lowest BCUT2D eigenvalue weighted by molar-refractivity contribution is -0.146. The summed E-state index contributed by atoms with van der Waals surface area (Å²) >= 11 is 3.31. The molecule has 0 amide bonds. The predicted octanol–water partition coefficient (Wildman–Crippen LogP) is 3.19. The zero-order valence-electron chi connectivity index (χ0n) is 13.9. The summed E-state index contributed by atoms with van der Waals surface area (Å²) < 4.78 is 10.2. The molecule has 1 fully saturated rings. The highest BCUT2D eigenvalue weighted by molar-refractivity contribution is 9.09. The SMILES string of the molecule is COC(=O)CCc1cccc(C2(C(=O)CBr)CC(C)(OC)C2)c1. The number of hydrogen-bond acceptors (Lipinski definition) is 4. The molecule has 0 aliphatic heterocycles. The molecule has 1 aliphatic carbocycles. The number of carbonyl (C=O) groups is 2. The zero-order chi connectivity index (χ0) is 17.1. The lowest BCUT2D eigenvalue weighted by atomic mass is 9.54. The van der Waals surface area contributed by atoms with Gasteiger partial charge in [-0.1, -0.05) is 40.2 Å². The molecule has 1 saturated carbocycles. The molecule has 23 heavy (non-hydrogen) atoms. The number of methoxy groups -OCH3 is 2. The first kappa shape index (κ1) is 18.1. The minimum absolute atomic E-state index is 0.178. The first-order valence-electron chi connectivity index (χ1n) is 7.70. The van der Waals surface area contributed by atoms with E-state index < -0.39 is 5.41 Å². The molecule has 2 rings (SSSR count). The Labute approximate surface area is 145 Å². The summed E-state index contributed by atoms with van der Waals surface area (Å²) in [6.07, 6.45) is 2.32. The van der Waals surface area contributed by atoms with Crippen LogP contribution in [0.2, 0.25) is 0 Å². The third kappa shape index (κ3) is 3.66. The Bertz CT molecular complexity index is 590. The number of halogens is 1. The molecule has 1 aromatic carbocycles. The average molecular weight is 383 g/mol. The molecule has 5 heteroatoms. The molecule has 0 radical (unpaired) electrons. The summed E-state index contributed by atoms with van der Waals surface area (Å²) in [5.41, 5.74) is 1.31. The fourth-order valence-corrected chi connectivity index (χ4v) is 3.97. The van der Waals surface area contributed by atoms with Crippen LogP contribution in [0.5, 0.6) is 0 Å². The second-order valence-corrected chi connectivity index (χ2v) is 6.98. The van der Waals surface area contributed by atoms with Crippen molar-refractivity contribution in [3.8, 4) is 0 Å². The van der Waals surface area contributed by atoms with Gasteiger partial charge in [0.15, 0.2) is 5.78 Å². The highest BCUT2D eigenvalue weighted by atomic mass is 79.9. The highest BCUT2D eigenvalue weighted by Gasteiger charge is 2.57. The number of Topliss-reactive ketones (excluding diaryl/α,β-unsaturated/α-hetero) is 1. The van der Waals surface area contributed by atoms with E-state index >= 15 is 0 Å². The number of aryl methyl sites for hydroxylation is 1. The Kier molecular flexibility index (Phi) is 5.63. The van der Waals surface area contributed by atoms with Crippen LogP contribution in [0.3, 0.4) is 0 Å². The van der Waals surface area contributed by atoms with E-state index in [0.29, 0.717) is 31.0 Å². The average Bonchev–Trinajstić information content (AvgIpc) is 2.56. The van der Waals surface area contributed by atoms with Gasteiger partial charge in [-0.2, -0.15) is 0 Å². The molecule has 0 bridgehead atoms. The van der Waals surface area contributed by atoms with Crippen molar-refractivity contribution in [1.29, 1.82) is 0 Å². The van der Waals surface area contributed by atoms with Crippen LogP contribution in [0.1, 0.15) is 37.3 Å². The summed E-state index contributed by atoms with van der Waals surface area (Å²) in [6, 6.07) is 7.97. The highest BCUT2D eigenvalue weighted by Crippen LogP contribution is 2.52. The van der Waals surface area contributed by atoms with Crippen LogP contribution in [0, 0.1) is 0 Å². The van der Waals surface area contributed by atoms with Crippen LogP contribution in [-0.4, -0.2) is 36.9 Å². The van der Waals surface area contributed by atoms with Crippen molar-refractivity contribution in [3.63, 3.8) is 0 Å². The van der Waals surface area contributed by atoms with Crippen LogP contribution in [0.15, 0.2) is 24.3 Å². The summed E-state index contributed by atoms with van der Waals surface area (Å²) in [7, 11) is 3.08. The van der Waals surface area contributed by atoms with Crippen molar-refractivity contribution in [2.24, 2.45) is 0 Å². The fraction of sp³-hybridized carbons (Fsp3) is 0.556. The number of rotatable bonds is 7. The molecule has 1 aromatic rings. The maximum atomic E-state index is 12.6. The number of ether oxygens (including phenoxy) is 2. The largest absolute Gasteiger partial charge is 0.469 e. The molecule has 0 saturated heterocycles. The van der Waals surface area contributed by atoms with Gasteiger partial charge in [0, 0.05) is 13.5 Å². The maximum Gasteiger partial charge on any atom is 0.305 e. The number of benzene rings is 1. The van der Waals surface area contributed by atoms with Crippen LogP contribution in [0.25, 0.3) is 0 Å². The second kappa shape index (κ2) is 7.14. The van der Waals surface area contributed by atoms with Crippen molar-refractivity contribution in [1.82, 2.24) is 0 Å². The van der Waals surface area contributed by atoms with E-state index in [1.54, 1.807) is 7.11 Å². The first-order valence-corrected chi connectivity index (χ1v) is 8.82. The van der Waals surface area contributed by atoms with Gasteiger partial charge in [0.2, 0.25) is 0 Å². The molecule has 0 spiro atoms. The van der Waals surface area contributed by atoms with E-state index in [1.807, 2.05) is 31.2 Å². The number of esters is 1. The van der Waals surface area contributed by atoms with E-state index in [-0.39, 0.29) is 17.4 Å². The minimum atomic E-state index is -0.491. The third-order valence-corrected chi connectivity index (χ3v) is 5.33. The van der Waals surface area contributed by atoms with Crippen molar-refractivity contribution < 1.29 is 19.1 Å². The lowest BCUT2D eigenvalue weighted by Crippen LogP contribution is -2.58. The van der Waals surface area contributed by atoms with E-state index in [4.69, 9.17) is 4.74 Å². The molecule has 126 valence electrons. The van der Waals surface area contributed by atoms with Gasteiger partial charge in [0.1, 0.15) is 0 Å². The van der Waals surface area contributed by atoms with Crippen LogP contribution < -0.4 is 0 Å². The molecule has 4 nitrogen and oxygen atoms in total. The van der Waals surface area contributed by atoms with Crippen LogP contribution >= 0.6 is 15.9 Å². The number of hydrogen-bond donors (Lipinski definition) is 0. The van der Waals surface area contributed by atoms with Crippen LogP contribution in [-0.2, 0) is 30.9 Å². The predicted molar refractivity (Wildman–Crippen MR) is 91.9 cm³/mol. The molecular weight excluding hydrogens is 360 g/mol. The first-order chi connectivity index (χ1) is 10.9. The normalized spacial score (nSPS) is 26.4. The summed E-state index contributed by atoms with van der Waals surface area (Å²) in [5.74, 6) is -0.0469. The fourth-order valence-electron chi connectivity index (χ4n) is 3.43. The Morgan fingerprint density at radius 3 is 2.52 bits per heavy atom. The molecule has 0 N–H and O–H groups in total. The Morgan fingerprint density at radius 2 is 1.96 bits per heavy atom. The van der Waals surface area contributed by atoms with Gasteiger partial charge in [0.25, 0.3) is 0 Å². The van der Waals surface area contributed by atoms with Crippen molar-refractivity contribution >= 4 is 27.7 Å². The van der Waals surface area contributed by atoms with E-state index in [9.17, 15) is 9.59 Å². The van der Waals surface area contributed by atoms with Gasteiger partial charge in [-0.3, -0.25) is 9.59 Å². The molecule has 1 aliphatic rings. The maximum absolute atomic E-state index is 12.6. The van der Waals surface area contributed by atoms with E-state index in [2.05, 4.69) is 20.7 Å². The molecule has 0 atom stereocenters. The molecule has 0 aromatic heterocycles. The second-order valence-electron chi connectivity index (χ2n) is 6.42. The zero-order valence-corrected chi connectivity index (χ0v) is 15.4. The standard InChI is InChI=1S/C18H23BrO4/c1-17(23-3)11-18(12-17,15(20)10-19)14-6-4-5-13(9-14)7-8-16(21)22-2/h4-6,9H,7-8,10-12H2,1-3H3. The summed E-state index contributed by atoms with van der Waals surface area (Å²) in [6.45, 7) is 2.04. The van der Waals surface area contributed by atoms with Crippen molar-refractivity contribution in [2.75, 3.05) is 19.5 Å². The molecule has 0 heterocycles. The van der Waals surface area contributed by atoms with Crippen LogP contribution in [0.4, 0.5) is 0 Å². The van der Waals surface area contributed by atoms with Gasteiger partial charge in [-0.15, -0.1) is 0 Å². The quantitative estimate of drug-likeness (QED) is 0.536. The lowest BCUT2D eigenvalue weighted by Gasteiger charge is -2.53. The number of carbonyl (C=O) groups excluding carboxylic acids is 2. The van der Waals surface area contributed by atoms with Crippen molar-refractivity contribution in [2.45, 2.75) is 43.6 Å². The number of alkyl halides is 1. The monoisotopic (exact) mass is 382 g/mol. The van der Waals surface area contributed by atoms with Gasteiger partial charge >= 0.3 is 5.97 Å². The number of ketones is 1. The molecule has 0 unspecified atom stereocenters. The Balaban J connectivity index is 2.24. The summed E-state index contributed by atoms with van der Waals surface area (Å²) in [5, 5.41) is 0.333. The van der Waals surface area contributed by atoms with E-state index in [0.717, 1.165) is 11.1 Å². The minimum Gasteiger partial charge on any atom is -0.469 e. The van der Waals surface area contributed by atoms with Gasteiger partial charge in [-0.05, 0) is 37.3 Å². The Hall–Kier alpha value is -1.20. The topological polar surface area (TPSA) is 52.6 Å².